The van der Waals surface area contributed by atoms with Crippen LogP contribution in [0.2, 0.25) is 0 Å². The zero-order valence-electron chi connectivity index (χ0n) is 11.5. The smallest absolute Gasteiger partial charge is 0.0951 e. The Morgan fingerprint density at radius 3 is 2.94 bits per heavy atom. The van der Waals surface area contributed by atoms with E-state index in [0.717, 1.165) is 18.7 Å². The second kappa shape index (κ2) is 6.34. The van der Waals surface area contributed by atoms with Crippen LogP contribution < -0.4 is 5.73 Å². The van der Waals surface area contributed by atoms with E-state index in [-0.39, 0.29) is 0 Å². The molecule has 1 fully saturated rings. The van der Waals surface area contributed by atoms with Crippen LogP contribution in [-0.4, -0.2) is 22.2 Å². The number of aromatic nitrogens is 2. The van der Waals surface area contributed by atoms with Crippen LogP contribution in [0, 0.1) is 5.92 Å². The molecule has 1 aliphatic carbocycles. The third-order valence-corrected chi connectivity index (χ3v) is 3.89. The molecule has 102 valence electrons. The molecule has 1 saturated carbocycles. The third kappa shape index (κ3) is 3.12. The molecule has 0 radical (unpaired) electrons. The Labute approximate surface area is 110 Å². The first-order valence-electron chi connectivity index (χ1n) is 7.04. The molecule has 2 atom stereocenters. The van der Waals surface area contributed by atoms with Gasteiger partial charge >= 0.3 is 0 Å². The molecule has 0 bridgehead atoms. The molecule has 1 heterocycles. The van der Waals surface area contributed by atoms with E-state index in [2.05, 4.69) is 23.4 Å². The molecular formula is C14H25N3O. The monoisotopic (exact) mass is 251 g/mol. The number of hydrogen-bond acceptors (Lipinski definition) is 3. The lowest BCUT2D eigenvalue weighted by Crippen LogP contribution is -2.33. The molecule has 0 spiro atoms. The number of ether oxygens (including phenoxy) is 1. The molecule has 18 heavy (non-hydrogen) atoms. The summed E-state index contributed by atoms with van der Waals surface area (Å²) in [5.41, 5.74) is 6.98. The summed E-state index contributed by atoms with van der Waals surface area (Å²) in [5.74, 6) is 0.536. The topological polar surface area (TPSA) is 53.1 Å². The van der Waals surface area contributed by atoms with Crippen molar-refractivity contribution < 1.29 is 4.74 Å². The van der Waals surface area contributed by atoms with Gasteiger partial charge < -0.3 is 15.0 Å². The number of nitrogens with two attached hydrogens (primary N) is 1. The van der Waals surface area contributed by atoms with E-state index in [1.165, 1.54) is 19.3 Å². The van der Waals surface area contributed by atoms with E-state index in [1.54, 1.807) is 0 Å². The maximum atomic E-state index is 6.08. The molecular weight excluding hydrogens is 226 g/mol. The number of rotatable bonds is 5. The van der Waals surface area contributed by atoms with E-state index in [9.17, 15) is 0 Å². The molecule has 4 heteroatoms. The molecule has 1 aromatic rings. The zero-order valence-corrected chi connectivity index (χ0v) is 11.5. The van der Waals surface area contributed by atoms with Crippen molar-refractivity contribution in [3.05, 3.63) is 18.2 Å². The number of nitrogens with zero attached hydrogens (tertiary/aromatic N) is 2. The highest BCUT2D eigenvalue weighted by Gasteiger charge is 2.24. The fourth-order valence-electron chi connectivity index (χ4n) is 2.76. The van der Waals surface area contributed by atoms with Crippen LogP contribution in [0.15, 0.2) is 12.5 Å². The van der Waals surface area contributed by atoms with E-state index >= 15 is 0 Å². The van der Waals surface area contributed by atoms with Gasteiger partial charge in [0.05, 0.1) is 30.9 Å². The van der Waals surface area contributed by atoms with Gasteiger partial charge in [-0.2, -0.15) is 0 Å². The van der Waals surface area contributed by atoms with Crippen LogP contribution >= 0.6 is 0 Å². The van der Waals surface area contributed by atoms with Crippen molar-refractivity contribution in [2.75, 3.05) is 6.54 Å². The highest BCUT2D eigenvalue weighted by molar-refractivity contribution is 4.98. The second-order valence-electron chi connectivity index (χ2n) is 5.52. The molecule has 2 rings (SSSR count). The predicted octanol–water partition coefficient (Wildman–Crippen LogP) is 2.50. The fourth-order valence-corrected chi connectivity index (χ4v) is 2.76. The fraction of sp³-hybridized carbons (Fsp3) is 0.786. The largest absolute Gasteiger partial charge is 0.372 e. The number of hydrogen-bond donors (Lipinski definition) is 1. The molecule has 0 saturated heterocycles. The molecule has 0 amide bonds. The van der Waals surface area contributed by atoms with E-state index < -0.39 is 0 Å². The summed E-state index contributed by atoms with van der Waals surface area (Å²) in [4.78, 5) is 4.20. The number of imidazole rings is 1. The summed E-state index contributed by atoms with van der Waals surface area (Å²) in [7, 11) is 0. The van der Waals surface area contributed by atoms with Gasteiger partial charge in [-0.15, -0.1) is 0 Å². The minimum atomic E-state index is 0.333. The third-order valence-electron chi connectivity index (χ3n) is 3.89. The van der Waals surface area contributed by atoms with Gasteiger partial charge in [-0.25, -0.2) is 4.98 Å². The summed E-state index contributed by atoms with van der Waals surface area (Å²) in [6, 6.07) is 0.433. The summed E-state index contributed by atoms with van der Waals surface area (Å²) < 4.78 is 8.25. The van der Waals surface area contributed by atoms with Gasteiger partial charge in [0.1, 0.15) is 0 Å². The van der Waals surface area contributed by atoms with Crippen LogP contribution in [0.3, 0.4) is 0 Å². The predicted molar refractivity (Wildman–Crippen MR) is 72.2 cm³/mol. The van der Waals surface area contributed by atoms with Crippen molar-refractivity contribution in [1.82, 2.24) is 9.55 Å². The standard InChI is InChI=1S/C14H25N3O/c1-11(2)17-10-16-8-13(17)9-18-14-6-4-3-5-12(14)7-15/h8,10-12,14H,3-7,9,15H2,1-2H3. The Bertz CT molecular complexity index is 362. The SMILES string of the molecule is CC(C)n1cncc1COC1CCCCC1CN. The molecule has 0 aliphatic heterocycles. The minimum Gasteiger partial charge on any atom is -0.372 e. The van der Waals surface area contributed by atoms with Gasteiger partial charge in [-0.3, -0.25) is 0 Å². The average Bonchev–Trinajstić information content (AvgIpc) is 2.85. The van der Waals surface area contributed by atoms with E-state index in [1.807, 2.05) is 12.5 Å². The lowest BCUT2D eigenvalue weighted by atomic mass is 9.86. The van der Waals surface area contributed by atoms with Crippen molar-refractivity contribution >= 4 is 0 Å². The van der Waals surface area contributed by atoms with Crippen molar-refractivity contribution in [2.45, 2.75) is 58.3 Å². The van der Waals surface area contributed by atoms with Crippen LogP contribution in [0.4, 0.5) is 0 Å². The van der Waals surface area contributed by atoms with Gasteiger partial charge in [-0.05, 0) is 39.2 Å². The molecule has 1 aromatic heterocycles. The molecule has 2 N–H and O–H groups in total. The quantitative estimate of drug-likeness (QED) is 0.874. The Hall–Kier alpha value is -0.870. The van der Waals surface area contributed by atoms with Crippen LogP contribution in [0.1, 0.15) is 51.3 Å². The van der Waals surface area contributed by atoms with Crippen LogP contribution in [0.5, 0.6) is 0 Å². The summed E-state index contributed by atoms with van der Waals surface area (Å²) >= 11 is 0. The zero-order chi connectivity index (χ0) is 13.0. The lowest BCUT2D eigenvalue weighted by Gasteiger charge is -2.30. The van der Waals surface area contributed by atoms with Gasteiger partial charge in [0.25, 0.3) is 0 Å². The van der Waals surface area contributed by atoms with Crippen molar-refractivity contribution in [3.63, 3.8) is 0 Å². The maximum Gasteiger partial charge on any atom is 0.0951 e. The Morgan fingerprint density at radius 2 is 2.22 bits per heavy atom. The minimum absolute atomic E-state index is 0.333. The first-order valence-corrected chi connectivity index (χ1v) is 7.04. The molecule has 2 unspecified atom stereocenters. The summed E-state index contributed by atoms with van der Waals surface area (Å²) in [5, 5.41) is 0. The van der Waals surface area contributed by atoms with Gasteiger partial charge in [0, 0.05) is 6.04 Å². The highest BCUT2D eigenvalue weighted by atomic mass is 16.5. The van der Waals surface area contributed by atoms with E-state index in [4.69, 9.17) is 10.5 Å². The average molecular weight is 251 g/mol. The van der Waals surface area contributed by atoms with Gasteiger partial charge in [0.2, 0.25) is 0 Å². The molecule has 1 aliphatic rings. The Kier molecular flexibility index (Phi) is 4.78. The first kappa shape index (κ1) is 13.6. The normalized spacial score (nSPS) is 24.7. The van der Waals surface area contributed by atoms with Crippen LogP contribution in [0.25, 0.3) is 0 Å². The Balaban J connectivity index is 1.91. The van der Waals surface area contributed by atoms with Crippen molar-refractivity contribution in [2.24, 2.45) is 11.7 Å². The maximum absolute atomic E-state index is 6.08. The van der Waals surface area contributed by atoms with Crippen molar-refractivity contribution in [3.8, 4) is 0 Å². The van der Waals surface area contributed by atoms with Crippen molar-refractivity contribution in [1.29, 1.82) is 0 Å². The van der Waals surface area contributed by atoms with E-state index in [0.29, 0.717) is 24.7 Å². The lowest BCUT2D eigenvalue weighted by molar-refractivity contribution is -0.0208. The van der Waals surface area contributed by atoms with Gasteiger partial charge in [0.15, 0.2) is 0 Å². The summed E-state index contributed by atoms with van der Waals surface area (Å²) in [6.07, 6.45) is 9.04. The highest BCUT2D eigenvalue weighted by Crippen LogP contribution is 2.27. The van der Waals surface area contributed by atoms with Crippen LogP contribution in [-0.2, 0) is 11.3 Å². The summed E-state index contributed by atoms with van der Waals surface area (Å²) in [6.45, 7) is 5.72. The second-order valence-corrected chi connectivity index (χ2v) is 5.52. The Morgan fingerprint density at radius 1 is 1.44 bits per heavy atom. The van der Waals surface area contributed by atoms with Gasteiger partial charge in [-0.1, -0.05) is 12.8 Å². The first-order chi connectivity index (χ1) is 8.72. The molecule has 0 aromatic carbocycles. The molecule has 4 nitrogen and oxygen atoms in total.